The minimum Gasteiger partial charge on any atom is -0.313 e. The highest BCUT2D eigenvalue weighted by atomic mass is 35.5. The number of rotatable bonds is 4. The predicted octanol–water partition coefficient (Wildman–Crippen LogP) is 3.86. The van der Waals surface area contributed by atoms with Crippen LogP contribution in [-0.2, 0) is 9.84 Å². The van der Waals surface area contributed by atoms with E-state index in [4.69, 9.17) is 23.2 Å². The topological polar surface area (TPSA) is 46.2 Å². The zero-order valence-electron chi connectivity index (χ0n) is 12.3. The van der Waals surface area contributed by atoms with Crippen LogP contribution < -0.4 is 5.32 Å². The van der Waals surface area contributed by atoms with Crippen LogP contribution >= 0.6 is 23.2 Å². The monoisotopic (exact) mass is 349 g/mol. The van der Waals surface area contributed by atoms with Gasteiger partial charge in [-0.2, -0.15) is 0 Å². The Labute approximate surface area is 136 Å². The Bertz CT molecular complexity index is 604. The van der Waals surface area contributed by atoms with Crippen molar-refractivity contribution in [2.45, 2.75) is 37.0 Å². The molecule has 1 aromatic carbocycles. The van der Waals surface area contributed by atoms with Crippen LogP contribution in [0.3, 0.4) is 0 Å². The van der Waals surface area contributed by atoms with E-state index in [0.717, 1.165) is 24.8 Å². The largest absolute Gasteiger partial charge is 0.313 e. The fourth-order valence-electron chi connectivity index (χ4n) is 3.27. The lowest BCUT2D eigenvalue weighted by Crippen LogP contribution is -2.34. The summed E-state index contributed by atoms with van der Waals surface area (Å²) in [7, 11) is -1.09. The molecule has 0 amide bonds. The number of nitrogens with one attached hydrogen (secondary N) is 1. The van der Waals surface area contributed by atoms with Crippen LogP contribution in [0.2, 0.25) is 10.0 Å². The van der Waals surface area contributed by atoms with Gasteiger partial charge in [-0.25, -0.2) is 8.42 Å². The van der Waals surface area contributed by atoms with Gasteiger partial charge in [-0.15, -0.1) is 0 Å². The SMILES string of the molecule is CNC(c1ccc(Cl)cc1Cl)C1CCCC(S(C)(=O)=O)C1. The summed E-state index contributed by atoms with van der Waals surface area (Å²) in [6.45, 7) is 0. The maximum absolute atomic E-state index is 11.8. The Balaban J connectivity index is 2.24. The molecule has 1 aromatic rings. The number of halogens is 2. The van der Waals surface area contributed by atoms with Gasteiger partial charge >= 0.3 is 0 Å². The van der Waals surface area contributed by atoms with E-state index in [0.29, 0.717) is 16.5 Å². The van der Waals surface area contributed by atoms with Gasteiger partial charge in [0.2, 0.25) is 0 Å². The van der Waals surface area contributed by atoms with Crippen LogP contribution in [0.25, 0.3) is 0 Å². The third-order valence-electron chi connectivity index (χ3n) is 4.35. The molecule has 0 radical (unpaired) electrons. The molecular formula is C15H21Cl2NO2S. The molecule has 0 aliphatic heterocycles. The van der Waals surface area contributed by atoms with Crippen molar-refractivity contribution in [3.05, 3.63) is 33.8 Å². The van der Waals surface area contributed by atoms with E-state index < -0.39 is 9.84 Å². The molecule has 3 nitrogen and oxygen atoms in total. The first-order chi connectivity index (χ1) is 9.82. The van der Waals surface area contributed by atoms with Crippen LogP contribution in [0.5, 0.6) is 0 Å². The molecule has 1 aliphatic rings. The molecule has 1 saturated carbocycles. The van der Waals surface area contributed by atoms with E-state index in [1.807, 2.05) is 19.2 Å². The normalized spacial score (nSPS) is 24.8. The molecule has 3 atom stereocenters. The average Bonchev–Trinajstić information content (AvgIpc) is 2.41. The molecule has 0 heterocycles. The molecule has 6 heteroatoms. The van der Waals surface area contributed by atoms with E-state index >= 15 is 0 Å². The highest BCUT2D eigenvalue weighted by Gasteiger charge is 2.33. The lowest BCUT2D eigenvalue weighted by Gasteiger charge is -2.34. The fraction of sp³-hybridized carbons (Fsp3) is 0.600. The molecule has 2 rings (SSSR count). The Morgan fingerprint density at radius 1 is 1.29 bits per heavy atom. The second-order valence-electron chi connectivity index (χ2n) is 5.81. The molecule has 0 spiro atoms. The molecule has 1 fully saturated rings. The van der Waals surface area contributed by atoms with Crippen molar-refractivity contribution in [2.75, 3.05) is 13.3 Å². The Morgan fingerprint density at radius 2 is 2.00 bits per heavy atom. The van der Waals surface area contributed by atoms with E-state index in [2.05, 4.69) is 5.32 Å². The van der Waals surface area contributed by atoms with Gasteiger partial charge in [-0.3, -0.25) is 0 Å². The molecule has 21 heavy (non-hydrogen) atoms. The lowest BCUT2D eigenvalue weighted by atomic mass is 9.81. The third-order valence-corrected chi connectivity index (χ3v) is 6.55. The first kappa shape index (κ1) is 17.1. The maximum atomic E-state index is 11.8. The van der Waals surface area contributed by atoms with Crippen molar-refractivity contribution in [3.8, 4) is 0 Å². The summed E-state index contributed by atoms with van der Waals surface area (Å²) < 4.78 is 23.7. The molecule has 0 bridgehead atoms. The van der Waals surface area contributed by atoms with Crippen LogP contribution in [0.15, 0.2) is 18.2 Å². The van der Waals surface area contributed by atoms with Gasteiger partial charge in [0.1, 0.15) is 9.84 Å². The second-order valence-corrected chi connectivity index (χ2v) is 8.98. The van der Waals surface area contributed by atoms with Crippen molar-refractivity contribution < 1.29 is 8.42 Å². The van der Waals surface area contributed by atoms with Crippen LogP contribution in [0.4, 0.5) is 0 Å². The van der Waals surface area contributed by atoms with Crippen molar-refractivity contribution in [2.24, 2.45) is 5.92 Å². The molecule has 0 aromatic heterocycles. The first-order valence-electron chi connectivity index (χ1n) is 7.14. The van der Waals surface area contributed by atoms with E-state index in [-0.39, 0.29) is 17.2 Å². The number of benzene rings is 1. The molecule has 118 valence electrons. The highest BCUT2D eigenvalue weighted by molar-refractivity contribution is 7.91. The Hall–Kier alpha value is -0.290. The van der Waals surface area contributed by atoms with Gasteiger partial charge in [0.25, 0.3) is 0 Å². The van der Waals surface area contributed by atoms with Crippen molar-refractivity contribution in [1.82, 2.24) is 5.32 Å². The van der Waals surface area contributed by atoms with Crippen LogP contribution in [0.1, 0.15) is 37.3 Å². The first-order valence-corrected chi connectivity index (χ1v) is 9.85. The highest BCUT2D eigenvalue weighted by Crippen LogP contribution is 2.39. The number of sulfone groups is 1. The summed E-state index contributed by atoms with van der Waals surface area (Å²) in [6, 6.07) is 5.54. The van der Waals surface area contributed by atoms with E-state index in [1.54, 1.807) is 6.07 Å². The summed E-state index contributed by atoms with van der Waals surface area (Å²) in [5.74, 6) is 0.266. The predicted molar refractivity (Wildman–Crippen MR) is 88.9 cm³/mol. The van der Waals surface area contributed by atoms with Gasteiger partial charge in [0.15, 0.2) is 0 Å². The summed E-state index contributed by atoms with van der Waals surface area (Å²) in [5.41, 5.74) is 0.989. The van der Waals surface area contributed by atoms with Gasteiger partial charge in [-0.05, 0) is 49.9 Å². The van der Waals surface area contributed by atoms with Crippen molar-refractivity contribution in [3.63, 3.8) is 0 Å². The smallest absolute Gasteiger partial charge is 0.150 e. The zero-order valence-corrected chi connectivity index (χ0v) is 14.6. The fourth-order valence-corrected chi connectivity index (χ4v) is 4.99. The van der Waals surface area contributed by atoms with Crippen molar-refractivity contribution in [1.29, 1.82) is 0 Å². The third kappa shape index (κ3) is 4.13. The van der Waals surface area contributed by atoms with E-state index in [9.17, 15) is 8.42 Å². The molecule has 1 aliphatic carbocycles. The Morgan fingerprint density at radius 3 is 2.57 bits per heavy atom. The molecule has 1 N–H and O–H groups in total. The van der Waals surface area contributed by atoms with Gasteiger partial charge < -0.3 is 5.32 Å². The van der Waals surface area contributed by atoms with E-state index in [1.165, 1.54) is 6.26 Å². The summed E-state index contributed by atoms with van der Waals surface area (Å²) in [5, 5.41) is 4.30. The zero-order chi connectivity index (χ0) is 15.6. The van der Waals surface area contributed by atoms with Gasteiger partial charge in [0.05, 0.1) is 5.25 Å². The molecular weight excluding hydrogens is 329 g/mol. The van der Waals surface area contributed by atoms with Crippen LogP contribution in [-0.4, -0.2) is 27.0 Å². The number of hydrogen-bond donors (Lipinski definition) is 1. The summed E-state index contributed by atoms with van der Waals surface area (Å²) >= 11 is 12.3. The Kier molecular flexibility index (Phi) is 5.58. The minimum atomic E-state index is -2.98. The van der Waals surface area contributed by atoms with Crippen LogP contribution in [0, 0.1) is 5.92 Å². The number of hydrogen-bond acceptors (Lipinski definition) is 3. The standard InChI is InChI=1S/C15H21Cl2NO2S/c1-18-15(13-7-6-11(16)9-14(13)17)10-4-3-5-12(8-10)21(2,19)20/h6-7,9-10,12,15,18H,3-5,8H2,1-2H3. The summed E-state index contributed by atoms with van der Waals surface area (Å²) in [4.78, 5) is 0. The average molecular weight is 350 g/mol. The molecule has 3 unspecified atom stereocenters. The quantitative estimate of drug-likeness (QED) is 0.897. The van der Waals surface area contributed by atoms with Gasteiger partial charge in [0, 0.05) is 22.3 Å². The lowest BCUT2D eigenvalue weighted by molar-refractivity contribution is 0.283. The second kappa shape index (κ2) is 6.86. The van der Waals surface area contributed by atoms with Crippen molar-refractivity contribution >= 4 is 33.0 Å². The minimum absolute atomic E-state index is 0.0549. The maximum Gasteiger partial charge on any atom is 0.150 e. The molecule has 0 saturated heterocycles. The van der Waals surface area contributed by atoms with Gasteiger partial charge in [-0.1, -0.05) is 35.7 Å². The summed E-state index contributed by atoms with van der Waals surface area (Å²) in [6.07, 6.45) is 4.73.